The van der Waals surface area contributed by atoms with Crippen molar-refractivity contribution in [1.82, 2.24) is 9.21 Å². The van der Waals surface area contributed by atoms with Gasteiger partial charge in [0.1, 0.15) is 16.4 Å². The van der Waals surface area contributed by atoms with E-state index >= 15 is 0 Å². The molecule has 0 N–H and O–H groups in total. The molecule has 1 aliphatic heterocycles. The second-order valence-electron chi connectivity index (χ2n) is 7.72. The van der Waals surface area contributed by atoms with E-state index < -0.39 is 10.0 Å². The summed E-state index contributed by atoms with van der Waals surface area (Å²) in [4.78, 5) is 13.8. The van der Waals surface area contributed by atoms with Crippen molar-refractivity contribution < 1.29 is 17.9 Å². The third kappa shape index (κ3) is 5.18. The number of nitriles is 1. The Morgan fingerprint density at radius 3 is 2.39 bits per heavy atom. The summed E-state index contributed by atoms with van der Waals surface area (Å²) in [5.41, 5.74) is 1.08. The summed E-state index contributed by atoms with van der Waals surface area (Å²) in [6, 6.07) is 11.4. The van der Waals surface area contributed by atoms with Crippen LogP contribution in [0.5, 0.6) is 11.5 Å². The first-order chi connectivity index (χ1) is 14.6. The Morgan fingerprint density at radius 2 is 1.81 bits per heavy atom. The number of carbonyl (C=O) groups is 1. The summed E-state index contributed by atoms with van der Waals surface area (Å²) in [6.07, 6.45) is 0. The highest BCUT2D eigenvalue weighted by molar-refractivity contribution is 7.89. The standard InChI is InChI=1S/C22H24ClN3O4S/c1-15(2)22(27)25-6-8-26(9-7-25)31(28,29)21-12-17(14-24)4-5-20(21)30-19-11-16(3)10-18(23)13-19/h4-5,10-13,15H,6-9H2,1-3H3. The zero-order valence-electron chi connectivity index (χ0n) is 17.6. The lowest BCUT2D eigenvalue weighted by molar-refractivity contribution is -0.135. The number of piperazine rings is 1. The number of hydrogen-bond acceptors (Lipinski definition) is 5. The second kappa shape index (κ2) is 9.27. The largest absolute Gasteiger partial charge is 0.456 e. The summed E-state index contributed by atoms with van der Waals surface area (Å²) in [5.74, 6) is 0.375. The van der Waals surface area contributed by atoms with Crippen LogP contribution < -0.4 is 4.74 Å². The maximum absolute atomic E-state index is 13.4. The van der Waals surface area contributed by atoms with E-state index in [1.807, 2.05) is 26.8 Å². The highest BCUT2D eigenvalue weighted by Crippen LogP contribution is 2.33. The molecule has 1 aliphatic rings. The third-order valence-corrected chi connectivity index (χ3v) is 7.12. The Bertz CT molecular complexity index is 1110. The molecular weight excluding hydrogens is 438 g/mol. The van der Waals surface area contributed by atoms with Crippen molar-refractivity contribution in [2.75, 3.05) is 26.2 Å². The molecule has 1 fully saturated rings. The van der Waals surface area contributed by atoms with Crippen LogP contribution >= 0.6 is 11.6 Å². The van der Waals surface area contributed by atoms with Crippen molar-refractivity contribution >= 4 is 27.5 Å². The van der Waals surface area contributed by atoms with E-state index in [9.17, 15) is 18.5 Å². The van der Waals surface area contributed by atoms with Crippen LogP contribution in [-0.4, -0.2) is 49.7 Å². The molecule has 0 aliphatic carbocycles. The van der Waals surface area contributed by atoms with E-state index in [4.69, 9.17) is 16.3 Å². The number of carbonyl (C=O) groups excluding carboxylic acids is 1. The van der Waals surface area contributed by atoms with Crippen molar-refractivity contribution in [2.45, 2.75) is 25.7 Å². The van der Waals surface area contributed by atoms with Crippen molar-refractivity contribution in [1.29, 1.82) is 5.26 Å². The summed E-state index contributed by atoms with van der Waals surface area (Å²) < 4.78 is 34.0. The van der Waals surface area contributed by atoms with Crippen molar-refractivity contribution in [3.8, 4) is 17.6 Å². The fourth-order valence-electron chi connectivity index (χ4n) is 3.41. The molecule has 0 atom stereocenters. The topological polar surface area (TPSA) is 90.7 Å². The molecule has 1 saturated heterocycles. The van der Waals surface area contributed by atoms with E-state index in [2.05, 4.69) is 0 Å². The lowest BCUT2D eigenvalue weighted by Gasteiger charge is -2.35. The van der Waals surface area contributed by atoms with E-state index in [1.54, 1.807) is 23.1 Å². The molecule has 0 spiro atoms. The molecule has 0 bridgehead atoms. The number of ether oxygens (including phenoxy) is 1. The number of sulfonamides is 1. The molecular formula is C22H24ClN3O4S. The molecule has 0 aromatic heterocycles. The first-order valence-corrected chi connectivity index (χ1v) is 11.7. The molecule has 164 valence electrons. The van der Waals surface area contributed by atoms with E-state index in [0.29, 0.717) is 23.9 Å². The van der Waals surface area contributed by atoms with Gasteiger partial charge in [-0.2, -0.15) is 9.57 Å². The molecule has 2 aromatic rings. The Labute approximate surface area is 187 Å². The van der Waals surface area contributed by atoms with Crippen molar-refractivity contribution in [2.24, 2.45) is 5.92 Å². The maximum atomic E-state index is 13.4. The first kappa shape index (κ1) is 23.1. The zero-order valence-corrected chi connectivity index (χ0v) is 19.2. The van der Waals surface area contributed by atoms with Crippen LogP contribution in [0, 0.1) is 24.2 Å². The smallest absolute Gasteiger partial charge is 0.246 e. The van der Waals surface area contributed by atoms with Crippen LogP contribution in [0.25, 0.3) is 0 Å². The second-order valence-corrected chi connectivity index (χ2v) is 10.1. The Hall–Kier alpha value is -2.60. The van der Waals surface area contributed by atoms with Gasteiger partial charge in [-0.05, 0) is 48.9 Å². The molecule has 0 radical (unpaired) electrons. The summed E-state index contributed by atoms with van der Waals surface area (Å²) in [5, 5.41) is 9.75. The molecule has 0 saturated carbocycles. The fourth-order valence-corrected chi connectivity index (χ4v) is 5.25. The Balaban J connectivity index is 1.91. The summed E-state index contributed by atoms with van der Waals surface area (Å²) >= 11 is 6.10. The monoisotopic (exact) mass is 461 g/mol. The van der Waals surface area contributed by atoms with Crippen LogP contribution in [0.2, 0.25) is 5.02 Å². The quantitative estimate of drug-likeness (QED) is 0.675. The van der Waals surface area contributed by atoms with Crippen LogP contribution in [0.3, 0.4) is 0 Å². The highest BCUT2D eigenvalue weighted by atomic mass is 35.5. The lowest BCUT2D eigenvalue weighted by Crippen LogP contribution is -2.51. The number of amides is 1. The number of halogens is 1. The van der Waals surface area contributed by atoms with Gasteiger partial charge in [0.25, 0.3) is 0 Å². The fraction of sp³-hybridized carbons (Fsp3) is 0.364. The van der Waals surface area contributed by atoms with Crippen LogP contribution in [0.4, 0.5) is 0 Å². The van der Waals surface area contributed by atoms with E-state index in [0.717, 1.165) is 5.56 Å². The average Bonchev–Trinajstić information content (AvgIpc) is 2.72. The third-order valence-electron chi connectivity index (χ3n) is 4.98. The van der Waals surface area contributed by atoms with Gasteiger partial charge in [0.2, 0.25) is 15.9 Å². The van der Waals surface area contributed by atoms with Gasteiger partial charge in [0.15, 0.2) is 0 Å². The van der Waals surface area contributed by atoms with Gasteiger partial charge < -0.3 is 9.64 Å². The molecule has 3 rings (SSSR count). The Kier molecular flexibility index (Phi) is 6.90. The van der Waals surface area contributed by atoms with E-state index in [-0.39, 0.29) is 41.1 Å². The lowest BCUT2D eigenvalue weighted by atomic mass is 10.2. The molecule has 9 heteroatoms. The van der Waals surface area contributed by atoms with Gasteiger partial charge in [-0.3, -0.25) is 4.79 Å². The number of rotatable bonds is 5. The summed E-state index contributed by atoms with van der Waals surface area (Å²) in [7, 11) is -3.95. The van der Waals surface area contributed by atoms with Gasteiger partial charge in [0.05, 0.1) is 11.6 Å². The van der Waals surface area contributed by atoms with Crippen LogP contribution in [-0.2, 0) is 14.8 Å². The minimum atomic E-state index is -3.95. The predicted octanol–water partition coefficient (Wildman–Crippen LogP) is 3.80. The molecule has 7 nitrogen and oxygen atoms in total. The highest BCUT2D eigenvalue weighted by Gasteiger charge is 2.33. The molecule has 31 heavy (non-hydrogen) atoms. The zero-order chi connectivity index (χ0) is 22.8. The first-order valence-electron chi connectivity index (χ1n) is 9.90. The number of aryl methyl sites for hydroxylation is 1. The molecule has 1 amide bonds. The predicted molar refractivity (Wildman–Crippen MR) is 118 cm³/mol. The molecule has 0 unspecified atom stereocenters. The van der Waals surface area contributed by atoms with Crippen molar-refractivity contribution in [3.05, 3.63) is 52.5 Å². The van der Waals surface area contributed by atoms with Gasteiger partial charge in [0, 0.05) is 37.1 Å². The SMILES string of the molecule is Cc1cc(Cl)cc(Oc2ccc(C#N)cc2S(=O)(=O)N2CCN(C(=O)C(C)C)CC2)c1. The van der Waals surface area contributed by atoms with Crippen LogP contribution in [0.1, 0.15) is 25.0 Å². The van der Waals surface area contributed by atoms with E-state index in [1.165, 1.54) is 22.5 Å². The van der Waals surface area contributed by atoms with Crippen LogP contribution in [0.15, 0.2) is 41.3 Å². The van der Waals surface area contributed by atoms with Gasteiger partial charge in [-0.25, -0.2) is 8.42 Å². The Morgan fingerprint density at radius 1 is 1.13 bits per heavy atom. The van der Waals surface area contributed by atoms with Gasteiger partial charge in [-0.15, -0.1) is 0 Å². The van der Waals surface area contributed by atoms with Crippen molar-refractivity contribution in [3.63, 3.8) is 0 Å². The average molecular weight is 462 g/mol. The summed E-state index contributed by atoms with van der Waals surface area (Å²) in [6.45, 7) is 6.48. The number of nitrogens with zero attached hydrogens (tertiary/aromatic N) is 3. The molecule has 2 aromatic carbocycles. The maximum Gasteiger partial charge on any atom is 0.246 e. The minimum Gasteiger partial charge on any atom is -0.456 e. The molecule has 1 heterocycles. The minimum absolute atomic E-state index is 0.00359. The number of benzene rings is 2. The van der Waals surface area contributed by atoms with Gasteiger partial charge in [-0.1, -0.05) is 25.4 Å². The van der Waals surface area contributed by atoms with Gasteiger partial charge >= 0.3 is 0 Å². The normalized spacial score (nSPS) is 15.0. The number of hydrogen-bond donors (Lipinski definition) is 0.